The Bertz CT molecular complexity index is 1190. The van der Waals surface area contributed by atoms with Gasteiger partial charge in [0.25, 0.3) is 0 Å². The normalized spacial score (nSPS) is 19.6. The molecule has 39 heavy (non-hydrogen) atoms. The third-order valence-corrected chi connectivity index (χ3v) is 7.30. The van der Waals surface area contributed by atoms with E-state index in [-0.39, 0.29) is 37.5 Å². The third-order valence-electron chi connectivity index (χ3n) is 7.30. The summed E-state index contributed by atoms with van der Waals surface area (Å²) in [6.07, 6.45) is 3.45. The lowest BCUT2D eigenvalue weighted by atomic mass is 9.97. The number of aryl methyl sites for hydroxylation is 1. The highest BCUT2D eigenvalue weighted by Gasteiger charge is 2.44. The standard InChI is InChI=1S/C27H35FN6O5/c1-3-16(2)23(32-22(35)15-39-12-10-28)26(37)31-20-8-7-17-5-4-6-18-13-21(34(24(17)18)27(20)38)25(36)29-14-19-9-11-30-33-19/h4-6,9,11,16,20-21,23H,3,7-8,10,12-15H2,1-2H3,(H,29,36)(H,30,33)(H,31,37)(H,32,35)/t16-,20-,21-,23-/m0/s1. The van der Waals surface area contributed by atoms with Crippen LogP contribution in [0.3, 0.4) is 0 Å². The second-order valence-corrected chi connectivity index (χ2v) is 9.92. The minimum absolute atomic E-state index is 0.209. The highest BCUT2D eigenvalue weighted by atomic mass is 19.1. The fraction of sp³-hybridized carbons (Fsp3) is 0.519. The SMILES string of the molecule is CC[C@H](C)[C@H](NC(=O)COCCF)C(=O)N[C@H]1CCc2cccc3c2N(C1=O)[C@H](C(=O)NCc1ccn[nH]1)C3. The zero-order valence-corrected chi connectivity index (χ0v) is 22.2. The maximum Gasteiger partial charge on any atom is 0.250 e. The van der Waals surface area contributed by atoms with Gasteiger partial charge in [0, 0.05) is 12.6 Å². The summed E-state index contributed by atoms with van der Waals surface area (Å²) in [6, 6.07) is 4.98. The number of anilines is 1. The predicted molar refractivity (Wildman–Crippen MR) is 140 cm³/mol. The van der Waals surface area contributed by atoms with Crippen LogP contribution >= 0.6 is 0 Å². The summed E-state index contributed by atoms with van der Waals surface area (Å²) in [4.78, 5) is 54.4. The minimum atomic E-state index is -0.905. The Morgan fingerprint density at radius 3 is 2.77 bits per heavy atom. The largest absolute Gasteiger partial charge is 0.369 e. The molecule has 4 N–H and O–H groups in total. The maximum absolute atomic E-state index is 13.9. The van der Waals surface area contributed by atoms with Crippen LogP contribution in [0.1, 0.15) is 43.5 Å². The van der Waals surface area contributed by atoms with Gasteiger partial charge in [-0.25, -0.2) is 4.39 Å². The van der Waals surface area contributed by atoms with Crippen LogP contribution in [0.25, 0.3) is 0 Å². The average Bonchev–Trinajstić information content (AvgIpc) is 3.57. The first-order valence-corrected chi connectivity index (χ1v) is 13.3. The van der Waals surface area contributed by atoms with Crippen molar-refractivity contribution in [2.75, 3.05) is 24.8 Å². The molecule has 4 rings (SSSR count). The first kappa shape index (κ1) is 28.2. The topological polar surface area (TPSA) is 146 Å². The van der Waals surface area contributed by atoms with E-state index in [0.29, 0.717) is 25.7 Å². The Labute approximate surface area is 226 Å². The van der Waals surface area contributed by atoms with E-state index in [2.05, 4.69) is 26.1 Å². The van der Waals surface area contributed by atoms with Gasteiger partial charge in [-0.3, -0.25) is 29.2 Å². The van der Waals surface area contributed by atoms with Crippen LogP contribution < -0.4 is 20.9 Å². The highest BCUT2D eigenvalue weighted by Crippen LogP contribution is 2.39. The van der Waals surface area contributed by atoms with Crippen LogP contribution in [-0.4, -0.2) is 71.8 Å². The Kier molecular flexibility index (Phi) is 9.28. The number of hydrogen-bond donors (Lipinski definition) is 4. The van der Waals surface area contributed by atoms with Crippen LogP contribution in [-0.2, 0) is 43.3 Å². The summed E-state index contributed by atoms with van der Waals surface area (Å²) in [5, 5.41) is 15.1. The molecule has 2 aliphatic heterocycles. The average molecular weight is 543 g/mol. The van der Waals surface area contributed by atoms with Gasteiger partial charge in [-0.1, -0.05) is 38.5 Å². The predicted octanol–water partition coefficient (Wildman–Crippen LogP) is 0.932. The van der Waals surface area contributed by atoms with E-state index in [0.717, 1.165) is 22.5 Å². The molecule has 4 atom stereocenters. The molecule has 1 aromatic heterocycles. The molecule has 2 aliphatic rings. The molecule has 0 aliphatic carbocycles. The van der Waals surface area contributed by atoms with Gasteiger partial charge >= 0.3 is 0 Å². The van der Waals surface area contributed by atoms with E-state index in [9.17, 15) is 23.6 Å². The van der Waals surface area contributed by atoms with Crippen molar-refractivity contribution in [1.29, 1.82) is 0 Å². The summed E-state index contributed by atoms with van der Waals surface area (Å²) in [5.74, 6) is -1.93. The van der Waals surface area contributed by atoms with Gasteiger partial charge in [0.2, 0.25) is 23.6 Å². The molecule has 11 nitrogen and oxygen atoms in total. The smallest absolute Gasteiger partial charge is 0.250 e. The molecule has 0 radical (unpaired) electrons. The van der Waals surface area contributed by atoms with E-state index in [1.165, 1.54) is 4.90 Å². The number of benzene rings is 1. The van der Waals surface area contributed by atoms with Crippen molar-refractivity contribution in [3.05, 3.63) is 47.3 Å². The number of amides is 4. The number of nitrogens with zero attached hydrogens (tertiary/aromatic N) is 2. The van der Waals surface area contributed by atoms with Crippen LogP contribution in [0, 0.1) is 5.92 Å². The number of aromatic nitrogens is 2. The molecular weight excluding hydrogens is 507 g/mol. The van der Waals surface area contributed by atoms with E-state index in [1.54, 1.807) is 12.3 Å². The Hall–Kier alpha value is -3.80. The van der Waals surface area contributed by atoms with Gasteiger partial charge < -0.3 is 20.7 Å². The van der Waals surface area contributed by atoms with Gasteiger partial charge in [0.15, 0.2) is 0 Å². The van der Waals surface area contributed by atoms with Crippen molar-refractivity contribution in [3.63, 3.8) is 0 Å². The summed E-state index contributed by atoms with van der Waals surface area (Å²) in [5.41, 5.74) is 3.32. The van der Waals surface area contributed by atoms with E-state index < -0.39 is 36.6 Å². The number of alkyl halides is 1. The van der Waals surface area contributed by atoms with E-state index in [1.807, 2.05) is 32.0 Å². The zero-order valence-electron chi connectivity index (χ0n) is 22.2. The first-order chi connectivity index (χ1) is 18.8. The number of halogens is 1. The van der Waals surface area contributed by atoms with Crippen molar-refractivity contribution < 1.29 is 28.3 Å². The second kappa shape index (κ2) is 12.8. The first-order valence-electron chi connectivity index (χ1n) is 13.3. The number of carbonyl (C=O) groups excluding carboxylic acids is 4. The quantitative estimate of drug-likeness (QED) is 0.294. The Morgan fingerprint density at radius 1 is 1.26 bits per heavy atom. The van der Waals surface area contributed by atoms with Crippen molar-refractivity contribution >= 4 is 29.3 Å². The van der Waals surface area contributed by atoms with Crippen LogP contribution in [0.5, 0.6) is 0 Å². The van der Waals surface area contributed by atoms with E-state index >= 15 is 0 Å². The van der Waals surface area contributed by atoms with Gasteiger partial charge in [-0.2, -0.15) is 5.10 Å². The van der Waals surface area contributed by atoms with Crippen molar-refractivity contribution in [2.45, 2.75) is 64.2 Å². The van der Waals surface area contributed by atoms with Crippen molar-refractivity contribution in [3.8, 4) is 0 Å². The van der Waals surface area contributed by atoms with E-state index in [4.69, 9.17) is 4.74 Å². The molecule has 2 aromatic rings. The molecule has 12 heteroatoms. The van der Waals surface area contributed by atoms with Gasteiger partial charge in [-0.05, 0) is 36.0 Å². The molecule has 0 bridgehead atoms. The summed E-state index contributed by atoms with van der Waals surface area (Å²) in [6.45, 7) is 2.67. The van der Waals surface area contributed by atoms with Crippen LogP contribution in [0.4, 0.5) is 10.1 Å². The number of para-hydroxylation sites is 1. The second-order valence-electron chi connectivity index (χ2n) is 9.92. The molecule has 0 spiro atoms. The third kappa shape index (κ3) is 6.44. The van der Waals surface area contributed by atoms with Crippen molar-refractivity contribution in [2.24, 2.45) is 5.92 Å². The van der Waals surface area contributed by atoms with Gasteiger partial charge in [0.05, 0.1) is 24.5 Å². The molecule has 0 fully saturated rings. The van der Waals surface area contributed by atoms with Crippen molar-refractivity contribution in [1.82, 2.24) is 26.1 Å². The molecule has 0 unspecified atom stereocenters. The monoisotopic (exact) mass is 542 g/mol. The minimum Gasteiger partial charge on any atom is -0.369 e. The number of ether oxygens (including phenoxy) is 1. The number of H-pyrrole nitrogens is 1. The zero-order chi connectivity index (χ0) is 27.9. The van der Waals surface area contributed by atoms with Gasteiger partial charge in [-0.15, -0.1) is 0 Å². The van der Waals surface area contributed by atoms with Crippen LogP contribution in [0.15, 0.2) is 30.5 Å². The highest BCUT2D eigenvalue weighted by molar-refractivity contribution is 6.08. The summed E-state index contributed by atoms with van der Waals surface area (Å²) in [7, 11) is 0. The molecule has 3 heterocycles. The lowest BCUT2D eigenvalue weighted by molar-refractivity contribution is -0.134. The molecule has 4 amide bonds. The molecule has 210 valence electrons. The number of hydrogen-bond acceptors (Lipinski definition) is 6. The molecular formula is C27H35FN6O5. The fourth-order valence-electron chi connectivity index (χ4n) is 5.06. The number of carbonyl (C=O) groups is 4. The number of aromatic amines is 1. The number of rotatable bonds is 12. The van der Waals surface area contributed by atoms with Crippen LogP contribution in [0.2, 0.25) is 0 Å². The fourth-order valence-corrected chi connectivity index (χ4v) is 5.06. The summed E-state index contributed by atoms with van der Waals surface area (Å²) >= 11 is 0. The molecule has 1 aromatic carbocycles. The lowest BCUT2D eigenvalue weighted by Crippen LogP contribution is -2.58. The summed E-state index contributed by atoms with van der Waals surface area (Å²) < 4.78 is 17.3. The molecule has 0 saturated heterocycles. The van der Waals surface area contributed by atoms with Gasteiger partial charge in [0.1, 0.15) is 31.4 Å². The molecule has 0 saturated carbocycles. The Morgan fingerprint density at radius 2 is 2.05 bits per heavy atom. The maximum atomic E-state index is 13.9. The number of nitrogens with one attached hydrogen (secondary N) is 4. The Balaban J connectivity index is 1.50. The lowest BCUT2D eigenvalue weighted by Gasteiger charge is -2.29.